The van der Waals surface area contributed by atoms with E-state index in [1.165, 1.54) is 18.2 Å². The number of aromatic nitrogens is 1. The fourth-order valence-electron chi connectivity index (χ4n) is 4.79. The lowest BCUT2D eigenvalue weighted by molar-refractivity contribution is -0.189. The molecular formula is C25H30BF3N4O5. The summed E-state index contributed by atoms with van der Waals surface area (Å²) in [5.41, 5.74) is 0.888. The first-order valence-corrected chi connectivity index (χ1v) is 12.5. The van der Waals surface area contributed by atoms with Gasteiger partial charge in [0.15, 0.2) is 11.5 Å². The van der Waals surface area contributed by atoms with Crippen molar-refractivity contribution in [2.24, 2.45) is 5.92 Å². The van der Waals surface area contributed by atoms with E-state index >= 15 is 0 Å². The maximum Gasteiger partial charge on any atom is 0.471 e. The number of alkyl halides is 3. The van der Waals surface area contributed by atoms with Crippen molar-refractivity contribution < 1.29 is 37.3 Å². The van der Waals surface area contributed by atoms with E-state index in [0.29, 0.717) is 47.9 Å². The molecule has 2 N–H and O–H groups in total. The van der Waals surface area contributed by atoms with Crippen molar-refractivity contribution in [2.75, 3.05) is 26.4 Å². The number of rotatable bonds is 9. The number of hydrogen-bond donors (Lipinski definition) is 2. The van der Waals surface area contributed by atoms with Crippen LogP contribution < -0.4 is 14.8 Å². The number of hydrogen-bond acceptors (Lipinski definition) is 7. The van der Waals surface area contributed by atoms with Crippen molar-refractivity contribution in [2.45, 2.75) is 44.8 Å². The Morgan fingerprint density at radius 3 is 2.53 bits per heavy atom. The summed E-state index contributed by atoms with van der Waals surface area (Å²) in [5, 5.41) is 12.5. The van der Waals surface area contributed by atoms with E-state index in [4.69, 9.17) is 9.47 Å². The number of nitrogens with zero attached hydrogens (tertiary/aromatic N) is 3. The second-order valence-electron chi connectivity index (χ2n) is 9.48. The molecule has 2 aliphatic rings. The summed E-state index contributed by atoms with van der Waals surface area (Å²) in [6.07, 6.45) is -0.466. The fraction of sp³-hybridized carbons (Fsp3) is 0.480. The first-order valence-electron chi connectivity index (χ1n) is 12.5. The SMILES string of the molecule is CB(O)N1CCC(CCN(C(=O)C(F)(F)F)C(C(=O)NCc2ccncc2)c2ccc3c(c2)OCO3)CC1. The molecule has 3 heterocycles. The molecule has 1 unspecified atom stereocenters. The van der Waals surface area contributed by atoms with Crippen LogP contribution in [-0.4, -0.2) is 71.2 Å². The minimum atomic E-state index is -5.17. The van der Waals surface area contributed by atoms with Gasteiger partial charge in [-0.05, 0) is 80.5 Å². The number of carbonyl (C=O) groups is 2. The Morgan fingerprint density at radius 2 is 1.87 bits per heavy atom. The lowest BCUT2D eigenvalue weighted by Crippen LogP contribution is -2.49. The number of carbonyl (C=O) groups excluding carboxylic acids is 2. The lowest BCUT2D eigenvalue weighted by atomic mass is 9.80. The van der Waals surface area contributed by atoms with E-state index in [9.17, 15) is 27.8 Å². The smallest absolute Gasteiger partial charge is 0.454 e. The summed E-state index contributed by atoms with van der Waals surface area (Å²) >= 11 is 0. The molecular weight excluding hydrogens is 504 g/mol. The van der Waals surface area contributed by atoms with Gasteiger partial charge in [-0.3, -0.25) is 14.6 Å². The van der Waals surface area contributed by atoms with Crippen LogP contribution in [0.4, 0.5) is 13.2 Å². The number of benzene rings is 1. The second kappa shape index (κ2) is 12.0. The topological polar surface area (TPSA) is 104 Å². The van der Waals surface area contributed by atoms with Gasteiger partial charge in [-0.15, -0.1) is 0 Å². The van der Waals surface area contributed by atoms with Crippen molar-refractivity contribution in [3.8, 4) is 11.5 Å². The number of nitrogens with one attached hydrogen (secondary N) is 1. The maximum atomic E-state index is 13.8. The third-order valence-electron chi connectivity index (χ3n) is 6.95. The van der Waals surface area contributed by atoms with Crippen molar-refractivity contribution >= 4 is 18.9 Å². The Morgan fingerprint density at radius 1 is 1.18 bits per heavy atom. The van der Waals surface area contributed by atoms with Crippen molar-refractivity contribution in [1.29, 1.82) is 0 Å². The average molecular weight is 534 g/mol. The molecule has 1 aromatic heterocycles. The molecule has 1 fully saturated rings. The molecule has 2 aromatic rings. The third kappa shape index (κ3) is 6.76. The number of pyridine rings is 1. The van der Waals surface area contributed by atoms with Crippen molar-refractivity contribution in [1.82, 2.24) is 20.0 Å². The predicted molar refractivity (Wildman–Crippen MR) is 132 cm³/mol. The van der Waals surface area contributed by atoms with Gasteiger partial charge in [-0.25, -0.2) is 0 Å². The van der Waals surface area contributed by atoms with Gasteiger partial charge in [0.1, 0.15) is 6.04 Å². The van der Waals surface area contributed by atoms with Crippen LogP contribution in [0, 0.1) is 5.92 Å². The van der Waals surface area contributed by atoms with Gasteiger partial charge >= 0.3 is 19.1 Å². The van der Waals surface area contributed by atoms with E-state index in [1.54, 1.807) is 31.3 Å². The Labute approximate surface area is 219 Å². The van der Waals surface area contributed by atoms with Crippen LogP contribution in [0.1, 0.15) is 36.4 Å². The molecule has 1 saturated heterocycles. The van der Waals surface area contributed by atoms with E-state index in [2.05, 4.69) is 10.3 Å². The highest BCUT2D eigenvalue weighted by Crippen LogP contribution is 2.37. The van der Waals surface area contributed by atoms with Crippen LogP contribution in [0.3, 0.4) is 0 Å². The van der Waals surface area contributed by atoms with E-state index in [1.807, 2.05) is 4.81 Å². The van der Waals surface area contributed by atoms with Gasteiger partial charge in [0.25, 0.3) is 0 Å². The molecule has 0 aliphatic carbocycles. The molecule has 204 valence electrons. The lowest BCUT2D eigenvalue weighted by Gasteiger charge is -2.36. The van der Waals surface area contributed by atoms with Gasteiger partial charge in [-0.2, -0.15) is 13.2 Å². The molecule has 0 saturated carbocycles. The van der Waals surface area contributed by atoms with Crippen LogP contribution >= 0.6 is 0 Å². The van der Waals surface area contributed by atoms with Gasteiger partial charge in [0, 0.05) is 25.5 Å². The third-order valence-corrected chi connectivity index (χ3v) is 6.95. The predicted octanol–water partition coefficient (Wildman–Crippen LogP) is 2.77. The number of ether oxygens (including phenoxy) is 2. The van der Waals surface area contributed by atoms with Gasteiger partial charge in [0.05, 0.1) is 0 Å². The zero-order valence-corrected chi connectivity index (χ0v) is 21.0. The average Bonchev–Trinajstić information content (AvgIpc) is 3.37. The van der Waals surface area contributed by atoms with Crippen molar-refractivity contribution in [3.05, 3.63) is 53.9 Å². The van der Waals surface area contributed by atoms with Crippen LogP contribution in [0.2, 0.25) is 6.82 Å². The van der Waals surface area contributed by atoms with Crippen molar-refractivity contribution in [3.63, 3.8) is 0 Å². The Hall–Kier alpha value is -3.32. The Kier molecular flexibility index (Phi) is 8.78. The van der Waals surface area contributed by atoms with Crippen LogP contribution in [0.5, 0.6) is 11.5 Å². The number of halogens is 3. The minimum Gasteiger partial charge on any atom is -0.454 e. The highest BCUT2D eigenvalue weighted by Gasteiger charge is 2.47. The normalized spacial score (nSPS) is 16.7. The summed E-state index contributed by atoms with van der Waals surface area (Å²) in [4.78, 5) is 32.6. The quantitative estimate of drug-likeness (QED) is 0.477. The largest absolute Gasteiger partial charge is 0.471 e. The van der Waals surface area contributed by atoms with E-state index in [-0.39, 0.29) is 37.8 Å². The van der Waals surface area contributed by atoms with Gasteiger partial charge < -0.3 is 29.5 Å². The fourth-order valence-corrected chi connectivity index (χ4v) is 4.79. The first-order chi connectivity index (χ1) is 18.1. The van der Waals surface area contributed by atoms with Gasteiger partial charge in [0.2, 0.25) is 12.7 Å². The molecule has 13 heteroatoms. The van der Waals surface area contributed by atoms with Crippen LogP contribution in [0.25, 0.3) is 0 Å². The molecule has 4 rings (SSSR count). The highest BCUT2D eigenvalue weighted by atomic mass is 19.4. The molecule has 0 radical (unpaired) electrons. The number of piperidine rings is 1. The second-order valence-corrected chi connectivity index (χ2v) is 9.48. The van der Waals surface area contributed by atoms with Crippen LogP contribution in [0.15, 0.2) is 42.7 Å². The minimum absolute atomic E-state index is 0.0471. The highest BCUT2D eigenvalue weighted by molar-refractivity contribution is 6.45. The first kappa shape index (κ1) is 27.7. The monoisotopic (exact) mass is 534 g/mol. The summed E-state index contributed by atoms with van der Waals surface area (Å²) in [6, 6.07) is 6.24. The standard InChI is InChI=1S/C25H30BF3N4O5/c1-26(36)32-11-6-17(7-12-32)8-13-33(24(35)25(27,28)29)22(19-2-3-20-21(14-19)38-16-37-20)23(34)31-15-18-4-9-30-10-5-18/h2-5,9-10,14,17,22,36H,6-8,11-13,15-16H2,1H3,(H,31,34). The zero-order chi connectivity index (χ0) is 27.3. The summed E-state index contributed by atoms with van der Waals surface area (Å²) < 4.78 is 52.1. The molecule has 1 atom stereocenters. The molecule has 0 bridgehead atoms. The molecule has 9 nitrogen and oxygen atoms in total. The van der Waals surface area contributed by atoms with Gasteiger partial charge in [-0.1, -0.05) is 6.07 Å². The summed E-state index contributed by atoms with van der Waals surface area (Å²) in [5.74, 6) is -2.09. The molecule has 2 amide bonds. The molecule has 38 heavy (non-hydrogen) atoms. The summed E-state index contributed by atoms with van der Waals surface area (Å²) in [7, 11) is -0.598. The number of amides is 2. The van der Waals surface area contributed by atoms with Crippen LogP contribution in [-0.2, 0) is 16.1 Å². The number of fused-ring (bicyclic) bond motifs is 1. The molecule has 2 aliphatic heterocycles. The Balaban J connectivity index is 1.59. The van der Waals surface area contributed by atoms with E-state index in [0.717, 1.165) is 0 Å². The Bertz CT molecular complexity index is 1110. The summed E-state index contributed by atoms with van der Waals surface area (Å²) in [6.45, 7) is 2.62. The molecule has 0 spiro atoms. The van der Waals surface area contributed by atoms with E-state index < -0.39 is 31.1 Å². The zero-order valence-electron chi connectivity index (χ0n) is 21.0. The maximum absolute atomic E-state index is 13.8. The molecule has 1 aromatic carbocycles.